The van der Waals surface area contributed by atoms with Crippen LogP contribution in [0.15, 0.2) is 27.2 Å². The van der Waals surface area contributed by atoms with Gasteiger partial charge in [0.25, 0.3) is 0 Å². The van der Waals surface area contributed by atoms with E-state index in [0.717, 1.165) is 26.6 Å². The van der Waals surface area contributed by atoms with E-state index in [2.05, 4.69) is 0 Å². The Labute approximate surface area is 93.9 Å². The van der Waals surface area contributed by atoms with Crippen LogP contribution in [0.4, 0.5) is 4.39 Å². The van der Waals surface area contributed by atoms with Crippen molar-refractivity contribution in [2.75, 3.05) is 5.75 Å². The van der Waals surface area contributed by atoms with E-state index in [9.17, 15) is 9.18 Å². The molecule has 0 fully saturated rings. The molecule has 1 aliphatic rings. The highest BCUT2D eigenvalue weighted by Crippen LogP contribution is 2.36. The van der Waals surface area contributed by atoms with Gasteiger partial charge in [-0.2, -0.15) is 0 Å². The van der Waals surface area contributed by atoms with E-state index in [-0.39, 0.29) is 11.2 Å². The molecule has 0 bridgehead atoms. The highest BCUT2D eigenvalue weighted by molar-refractivity contribution is 8.01. The van der Waals surface area contributed by atoms with Crippen LogP contribution >= 0.6 is 23.1 Å². The van der Waals surface area contributed by atoms with Gasteiger partial charge in [-0.3, -0.25) is 4.79 Å². The van der Waals surface area contributed by atoms with Crippen LogP contribution in [-0.4, -0.2) is 5.75 Å². The summed E-state index contributed by atoms with van der Waals surface area (Å²) in [5, 5.41) is 0.655. The summed E-state index contributed by atoms with van der Waals surface area (Å²) in [6.45, 7) is 0. The molecule has 0 unspecified atom stereocenters. The maximum atomic E-state index is 13.0. The van der Waals surface area contributed by atoms with Crippen molar-refractivity contribution in [3.05, 3.63) is 39.8 Å². The Hall–Kier alpha value is -0.870. The number of thioether (sulfide) groups is 1. The summed E-state index contributed by atoms with van der Waals surface area (Å²) in [6.07, 6.45) is 0.850. The minimum absolute atomic E-state index is 0.0868. The van der Waals surface area contributed by atoms with E-state index in [1.54, 1.807) is 17.8 Å². The van der Waals surface area contributed by atoms with Crippen molar-refractivity contribution >= 4 is 33.2 Å². The summed E-state index contributed by atoms with van der Waals surface area (Å²) in [7, 11) is 0. The van der Waals surface area contributed by atoms with E-state index < -0.39 is 0 Å². The fraction of sp³-hybridized carbons (Fsp3) is 0.182. The molecule has 3 rings (SSSR count). The Morgan fingerprint density at radius 1 is 1.33 bits per heavy atom. The van der Waals surface area contributed by atoms with Gasteiger partial charge < -0.3 is 0 Å². The molecule has 0 spiro atoms. The second kappa shape index (κ2) is 3.32. The molecule has 15 heavy (non-hydrogen) atoms. The Morgan fingerprint density at radius 3 is 3.07 bits per heavy atom. The number of rotatable bonds is 0. The molecule has 0 N–H and O–H groups in total. The number of hydrogen-bond acceptors (Lipinski definition) is 3. The van der Waals surface area contributed by atoms with Crippen LogP contribution in [0.3, 0.4) is 0 Å². The van der Waals surface area contributed by atoms with Crippen molar-refractivity contribution in [3.8, 4) is 0 Å². The Bertz CT molecular complexity index is 603. The zero-order chi connectivity index (χ0) is 10.4. The molecular formula is C11H7FOS2. The number of halogens is 1. The van der Waals surface area contributed by atoms with Crippen LogP contribution in [0, 0.1) is 5.82 Å². The summed E-state index contributed by atoms with van der Waals surface area (Å²) < 4.78 is 14.8. The summed E-state index contributed by atoms with van der Waals surface area (Å²) in [4.78, 5) is 12.0. The molecule has 1 nitrogen and oxygen atoms in total. The van der Waals surface area contributed by atoms with Gasteiger partial charge in [0.05, 0.1) is 4.21 Å². The number of fused-ring (bicyclic) bond motifs is 2. The first-order valence-corrected chi connectivity index (χ1v) is 6.44. The zero-order valence-electron chi connectivity index (χ0n) is 7.75. The Kier molecular flexibility index (Phi) is 2.07. The summed E-state index contributed by atoms with van der Waals surface area (Å²) in [5.41, 5.74) is 1.01. The van der Waals surface area contributed by atoms with Gasteiger partial charge in [0, 0.05) is 21.4 Å². The van der Waals surface area contributed by atoms with Gasteiger partial charge in [-0.25, -0.2) is 4.39 Å². The predicted octanol–water partition coefficient (Wildman–Crippen LogP) is 3.05. The van der Waals surface area contributed by atoms with Crippen LogP contribution in [0.5, 0.6) is 0 Å². The third-order valence-corrected chi connectivity index (χ3v) is 5.01. The van der Waals surface area contributed by atoms with Crippen LogP contribution in [0.1, 0.15) is 5.56 Å². The van der Waals surface area contributed by atoms with Gasteiger partial charge >= 0.3 is 0 Å². The fourth-order valence-electron chi connectivity index (χ4n) is 1.76. The van der Waals surface area contributed by atoms with Crippen molar-refractivity contribution in [1.29, 1.82) is 0 Å². The van der Waals surface area contributed by atoms with E-state index >= 15 is 0 Å². The average molecular weight is 238 g/mol. The highest BCUT2D eigenvalue weighted by atomic mass is 32.2. The lowest BCUT2D eigenvalue weighted by Crippen LogP contribution is -2.07. The minimum Gasteiger partial charge on any atom is -0.289 e. The van der Waals surface area contributed by atoms with Crippen molar-refractivity contribution in [2.45, 2.75) is 10.6 Å². The smallest absolute Gasteiger partial charge is 0.192 e. The van der Waals surface area contributed by atoms with Crippen molar-refractivity contribution in [3.63, 3.8) is 0 Å². The van der Waals surface area contributed by atoms with Gasteiger partial charge in [0.1, 0.15) is 5.82 Å². The van der Waals surface area contributed by atoms with Gasteiger partial charge in [-0.05, 0) is 24.6 Å². The van der Waals surface area contributed by atoms with E-state index in [1.807, 2.05) is 0 Å². The maximum absolute atomic E-state index is 13.0. The van der Waals surface area contributed by atoms with E-state index in [0.29, 0.717) is 5.39 Å². The molecule has 1 aromatic heterocycles. The molecule has 0 saturated carbocycles. The normalized spacial score (nSPS) is 14.5. The molecule has 0 radical (unpaired) electrons. The van der Waals surface area contributed by atoms with Crippen LogP contribution in [-0.2, 0) is 6.42 Å². The molecule has 76 valence electrons. The second-order valence-electron chi connectivity index (χ2n) is 3.44. The highest BCUT2D eigenvalue weighted by Gasteiger charge is 2.18. The molecule has 1 aliphatic heterocycles. The monoisotopic (exact) mass is 238 g/mol. The zero-order valence-corrected chi connectivity index (χ0v) is 9.38. The third-order valence-electron chi connectivity index (χ3n) is 2.50. The first-order valence-electron chi connectivity index (χ1n) is 4.64. The minimum atomic E-state index is -0.277. The van der Waals surface area contributed by atoms with Crippen LogP contribution in [0.25, 0.3) is 10.1 Å². The second-order valence-corrected chi connectivity index (χ2v) is 5.85. The summed E-state index contributed by atoms with van der Waals surface area (Å²) >= 11 is 3.23. The fourth-order valence-corrected chi connectivity index (χ4v) is 4.34. The Morgan fingerprint density at radius 2 is 2.20 bits per heavy atom. The molecule has 2 aromatic rings. The van der Waals surface area contributed by atoms with Crippen molar-refractivity contribution in [1.82, 2.24) is 0 Å². The van der Waals surface area contributed by atoms with Gasteiger partial charge in [0.2, 0.25) is 0 Å². The summed E-state index contributed by atoms with van der Waals surface area (Å²) in [5.74, 6) is 0.695. The van der Waals surface area contributed by atoms with Gasteiger partial charge in [0.15, 0.2) is 5.43 Å². The molecule has 0 saturated heterocycles. The number of benzene rings is 1. The quantitative estimate of drug-likeness (QED) is 0.701. The maximum Gasteiger partial charge on any atom is 0.192 e. The standard InChI is InChI=1S/C11H7FOS2/c12-6-1-2-7-9(5-6)15-11-8(10(7)13)3-4-14-11/h1-2,5H,3-4H2. The topological polar surface area (TPSA) is 17.1 Å². The molecule has 0 amide bonds. The summed E-state index contributed by atoms with van der Waals surface area (Å²) in [6, 6.07) is 4.39. The SMILES string of the molecule is O=c1c2c(sc3cc(F)ccc13)SCC2. The van der Waals surface area contributed by atoms with E-state index in [4.69, 9.17) is 0 Å². The van der Waals surface area contributed by atoms with Crippen molar-refractivity contribution < 1.29 is 4.39 Å². The first-order chi connectivity index (χ1) is 7.25. The van der Waals surface area contributed by atoms with Crippen LogP contribution in [0.2, 0.25) is 0 Å². The lowest BCUT2D eigenvalue weighted by atomic mass is 10.2. The Balaban J connectivity index is 2.46. The van der Waals surface area contributed by atoms with Crippen LogP contribution < -0.4 is 5.43 Å². The predicted molar refractivity (Wildman–Crippen MR) is 62.5 cm³/mol. The molecule has 2 heterocycles. The van der Waals surface area contributed by atoms with Gasteiger partial charge in [-0.1, -0.05) is 0 Å². The van der Waals surface area contributed by atoms with E-state index in [1.165, 1.54) is 23.5 Å². The average Bonchev–Trinajstić information content (AvgIpc) is 2.65. The molecule has 0 atom stereocenters. The molecule has 1 aromatic carbocycles. The van der Waals surface area contributed by atoms with Crippen molar-refractivity contribution in [2.24, 2.45) is 0 Å². The number of hydrogen-bond donors (Lipinski definition) is 0. The molecule has 0 aliphatic carbocycles. The molecule has 4 heteroatoms. The molecular weight excluding hydrogens is 231 g/mol. The lowest BCUT2D eigenvalue weighted by molar-refractivity contribution is 0.630. The first kappa shape index (κ1) is 9.36. The largest absolute Gasteiger partial charge is 0.289 e. The van der Waals surface area contributed by atoms with Gasteiger partial charge in [-0.15, -0.1) is 23.1 Å². The lowest BCUT2D eigenvalue weighted by Gasteiger charge is -2.00. The third kappa shape index (κ3) is 1.40.